The summed E-state index contributed by atoms with van der Waals surface area (Å²) in [7, 11) is 0. The number of rotatable bonds is 8. The monoisotopic (exact) mass is 441 g/mol. The molecule has 1 atom stereocenters. The summed E-state index contributed by atoms with van der Waals surface area (Å²) < 4.78 is 0. The number of hydrogen-bond donors (Lipinski definition) is 1. The quantitative estimate of drug-likeness (QED) is 0.519. The minimum Gasteiger partial charge on any atom is -0.343 e. The highest BCUT2D eigenvalue weighted by Crippen LogP contribution is 2.24. The maximum Gasteiger partial charge on any atom is 0.224 e. The fraction of sp³-hybridized carbons (Fsp3) is 0.379. The van der Waals surface area contributed by atoms with Crippen molar-refractivity contribution in [3.05, 3.63) is 101 Å². The Morgan fingerprint density at radius 3 is 2.48 bits per heavy atom. The third-order valence-electron chi connectivity index (χ3n) is 6.66. The first kappa shape index (κ1) is 23.2. The van der Waals surface area contributed by atoms with Crippen LogP contribution in [0.5, 0.6) is 0 Å². The first-order valence-corrected chi connectivity index (χ1v) is 12.1. The average Bonchev–Trinajstić information content (AvgIpc) is 2.84. The fourth-order valence-corrected chi connectivity index (χ4v) is 4.69. The lowest BCUT2D eigenvalue weighted by Crippen LogP contribution is -2.42. The molecule has 2 heterocycles. The average molecular weight is 442 g/mol. The van der Waals surface area contributed by atoms with Crippen LogP contribution in [0.1, 0.15) is 53.3 Å². The van der Waals surface area contributed by atoms with Gasteiger partial charge in [0.05, 0.1) is 11.7 Å². The summed E-state index contributed by atoms with van der Waals surface area (Å²) in [6.45, 7) is 7.31. The van der Waals surface area contributed by atoms with Crippen molar-refractivity contribution in [2.75, 3.05) is 19.6 Å². The summed E-state index contributed by atoms with van der Waals surface area (Å²) in [4.78, 5) is 20.2. The van der Waals surface area contributed by atoms with Crippen molar-refractivity contribution in [1.82, 2.24) is 15.2 Å². The molecular weight excluding hydrogens is 406 g/mol. The molecule has 1 aliphatic heterocycles. The summed E-state index contributed by atoms with van der Waals surface area (Å²) in [5.41, 5.74) is 5.90. The Morgan fingerprint density at radius 2 is 1.79 bits per heavy atom. The van der Waals surface area contributed by atoms with Gasteiger partial charge in [-0.15, -0.1) is 0 Å². The van der Waals surface area contributed by atoms with Crippen LogP contribution in [0.3, 0.4) is 0 Å². The van der Waals surface area contributed by atoms with Gasteiger partial charge in [-0.3, -0.25) is 9.78 Å². The molecule has 1 unspecified atom stereocenters. The third kappa shape index (κ3) is 6.52. The van der Waals surface area contributed by atoms with Crippen molar-refractivity contribution in [3.8, 4) is 0 Å². The van der Waals surface area contributed by atoms with Crippen molar-refractivity contribution in [2.45, 2.75) is 45.6 Å². The highest BCUT2D eigenvalue weighted by Gasteiger charge is 2.27. The lowest BCUT2D eigenvalue weighted by molar-refractivity contribution is -0.127. The highest BCUT2D eigenvalue weighted by atomic mass is 16.2. The van der Waals surface area contributed by atoms with Gasteiger partial charge in [-0.05, 0) is 82.4 Å². The lowest BCUT2D eigenvalue weighted by atomic mass is 9.94. The Hall–Kier alpha value is -2.98. The van der Waals surface area contributed by atoms with Gasteiger partial charge < -0.3 is 10.2 Å². The van der Waals surface area contributed by atoms with Gasteiger partial charge in [-0.25, -0.2) is 0 Å². The normalized spacial score (nSPS) is 15.8. The predicted molar refractivity (Wildman–Crippen MR) is 134 cm³/mol. The summed E-state index contributed by atoms with van der Waals surface area (Å²) in [6, 6.07) is 22.8. The Kier molecular flexibility index (Phi) is 7.90. The Balaban J connectivity index is 1.30. The van der Waals surface area contributed by atoms with Gasteiger partial charge >= 0.3 is 0 Å². The molecule has 1 fully saturated rings. The summed E-state index contributed by atoms with van der Waals surface area (Å²) >= 11 is 0. The number of piperidine rings is 1. The molecule has 172 valence electrons. The number of hydrogen-bond acceptors (Lipinski definition) is 3. The van der Waals surface area contributed by atoms with Crippen LogP contribution >= 0.6 is 0 Å². The summed E-state index contributed by atoms with van der Waals surface area (Å²) in [5.74, 6) is 0.209. The number of nitrogens with one attached hydrogen (secondary N) is 1. The van der Waals surface area contributed by atoms with Gasteiger partial charge in [0.25, 0.3) is 0 Å². The van der Waals surface area contributed by atoms with E-state index in [1.54, 1.807) is 6.20 Å². The van der Waals surface area contributed by atoms with E-state index < -0.39 is 0 Å². The molecule has 1 aliphatic rings. The van der Waals surface area contributed by atoms with Crippen molar-refractivity contribution in [3.63, 3.8) is 0 Å². The minimum absolute atomic E-state index is 0.0645. The largest absolute Gasteiger partial charge is 0.343 e. The molecule has 0 aliphatic carbocycles. The van der Waals surface area contributed by atoms with E-state index >= 15 is 0 Å². The molecule has 0 bridgehead atoms. The molecule has 1 amide bonds. The van der Waals surface area contributed by atoms with Gasteiger partial charge in [0.15, 0.2) is 0 Å². The van der Waals surface area contributed by atoms with Crippen molar-refractivity contribution in [1.29, 1.82) is 0 Å². The van der Waals surface area contributed by atoms with Gasteiger partial charge in [-0.1, -0.05) is 65.7 Å². The van der Waals surface area contributed by atoms with E-state index in [-0.39, 0.29) is 17.9 Å². The number of amides is 1. The third-order valence-corrected chi connectivity index (χ3v) is 6.66. The molecule has 4 heteroatoms. The number of carbonyl (C=O) groups excluding carboxylic acids is 1. The first-order chi connectivity index (χ1) is 16.1. The van der Waals surface area contributed by atoms with Gasteiger partial charge in [0, 0.05) is 12.1 Å². The zero-order valence-electron chi connectivity index (χ0n) is 19.8. The molecule has 4 rings (SSSR count). The van der Waals surface area contributed by atoms with Crippen molar-refractivity contribution >= 4 is 5.91 Å². The Labute approximate surface area is 198 Å². The van der Waals surface area contributed by atoms with Crippen LogP contribution in [0, 0.1) is 19.8 Å². The molecule has 4 nitrogen and oxygen atoms in total. The van der Waals surface area contributed by atoms with Crippen LogP contribution in [-0.2, 0) is 11.2 Å². The second kappa shape index (κ2) is 11.2. The smallest absolute Gasteiger partial charge is 0.224 e. The van der Waals surface area contributed by atoms with E-state index in [9.17, 15) is 4.79 Å². The Morgan fingerprint density at radius 1 is 1.00 bits per heavy atom. The lowest BCUT2D eigenvalue weighted by Gasteiger charge is -2.32. The fourth-order valence-electron chi connectivity index (χ4n) is 4.69. The standard InChI is InChI=1S/C29H35N3O/c1-22-11-13-25(14-12-22)28(27-10-3-4-17-30-27)31-29(33)26-15-19-32(20-16-26)18-6-9-24-8-5-7-23(2)21-24/h3-5,7-8,10-14,17,21,26,28H,6,9,15-16,18-20H2,1-2H3,(H,31,33). The number of carbonyl (C=O) groups is 1. The molecule has 3 aromatic rings. The van der Waals surface area contributed by atoms with E-state index in [2.05, 4.69) is 77.6 Å². The van der Waals surface area contributed by atoms with Gasteiger partial charge in [-0.2, -0.15) is 0 Å². The maximum absolute atomic E-state index is 13.2. The van der Waals surface area contributed by atoms with Crippen molar-refractivity contribution < 1.29 is 4.79 Å². The second-order valence-electron chi connectivity index (χ2n) is 9.32. The molecule has 1 N–H and O–H groups in total. The van der Waals surface area contributed by atoms with E-state index in [1.165, 1.54) is 16.7 Å². The molecule has 2 aromatic carbocycles. The molecule has 0 radical (unpaired) electrons. The SMILES string of the molecule is Cc1ccc(C(NC(=O)C2CCN(CCCc3cccc(C)c3)CC2)c2ccccn2)cc1. The molecule has 0 spiro atoms. The van der Waals surface area contributed by atoms with Crippen LogP contribution in [0.4, 0.5) is 0 Å². The molecule has 1 saturated heterocycles. The number of nitrogens with zero attached hydrogens (tertiary/aromatic N) is 2. The van der Waals surface area contributed by atoms with E-state index in [1.807, 2.05) is 18.2 Å². The minimum atomic E-state index is -0.216. The van der Waals surface area contributed by atoms with Crippen LogP contribution in [0.15, 0.2) is 72.9 Å². The van der Waals surface area contributed by atoms with E-state index in [0.717, 1.165) is 56.6 Å². The number of pyridine rings is 1. The maximum atomic E-state index is 13.2. The van der Waals surface area contributed by atoms with Crippen LogP contribution in [0.25, 0.3) is 0 Å². The topological polar surface area (TPSA) is 45.2 Å². The second-order valence-corrected chi connectivity index (χ2v) is 9.32. The molecular formula is C29H35N3O. The summed E-state index contributed by atoms with van der Waals surface area (Å²) in [5, 5.41) is 3.30. The summed E-state index contributed by atoms with van der Waals surface area (Å²) in [6.07, 6.45) is 5.90. The number of likely N-dealkylation sites (tertiary alicyclic amines) is 1. The van der Waals surface area contributed by atoms with Gasteiger partial charge in [0.2, 0.25) is 5.91 Å². The van der Waals surface area contributed by atoms with Gasteiger partial charge in [0.1, 0.15) is 0 Å². The number of benzene rings is 2. The zero-order valence-corrected chi connectivity index (χ0v) is 19.8. The molecule has 33 heavy (non-hydrogen) atoms. The molecule has 1 aromatic heterocycles. The Bertz CT molecular complexity index is 1020. The number of aryl methyl sites for hydroxylation is 3. The van der Waals surface area contributed by atoms with E-state index in [4.69, 9.17) is 0 Å². The van der Waals surface area contributed by atoms with Crippen LogP contribution < -0.4 is 5.32 Å². The number of aromatic nitrogens is 1. The van der Waals surface area contributed by atoms with E-state index in [0.29, 0.717) is 0 Å². The highest BCUT2D eigenvalue weighted by molar-refractivity contribution is 5.79. The predicted octanol–water partition coefficient (Wildman–Crippen LogP) is 5.25. The van der Waals surface area contributed by atoms with Crippen LogP contribution in [-0.4, -0.2) is 35.4 Å². The zero-order chi connectivity index (χ0) is 23.0. The van der Waals surface area contributed by atoms with Crippen LogP contribution in [0.2, 0.25) is 0 Å². The first-order valence-electron chi connectivity index (χ1n) is 12.1. The van der Waals surface area contributed by atoms with Crippen molar-refractivity contribution in [2.24, 2.45) is 5.92 Å². The molecule has 0 saturated carbocycles.